The van der Waals surface area contributed by atoms with Gasteiger partial charge in [0.25, 0.3) is 5.91 Å². The zero-order valence-corrected chi connectivity index (χ0v) is 13.9. The maximum Gasteiger partial charge on any atom is 0.262 e. The van der Waals surface area contributed by atoms with Crippen LogP contribution in [0.3, 0.4) is 0 Å². The average molecular weight is 336 g/mol. The molecule has 1 amide bonds. The molecule has 2 heterocycles. The first-order valence-electron chi connectivity index (χ1n) is 7.63. The van der Waals surface area contributed by atoms with E-state index in [0.717, 1.165) is 22.7 Å². The van der Waals surface area contributed by atoms with Crippen molar-refractivity contribution in [1.29, 1.82) is 0 Å². The number of fused-ring (bicyclic) bond motifs is 1. The summed E-state index contributed by atoms with van der Waals surface area (Å²) < 4.78 is 5.32. The minimum Gasteiger partial charge on any atom is -0.497 e. The highest BCUT2D eigenvalue weighted by molar-refractivity contribution is 7.08. The number of rotatable bonds is 3. The summed E-state index contributed by atoms with van der Waals surface area (Å²) in [6.07, 6.45) is -0.245. The van der Waals surface area contributed by atoms with Crippen LogP contribution in [0.15, 0.2) is 65.4 Å². The quantitative estimate of drug-likeness (QED) is 0.764. The van der Waals surface area contributed by atoms with Crippen molar-refractivity contribution in [2.45, 2.75) is 6.17 Å². The molecular weight excluding hydrogens is 320 g/mol. The van der Waals surface area contributed by atoms with Crippen molar-refractivity contribution in [1.82, 2.24) is 0 Å². The van der Waals surface area contributed by atoms with Crippen molar-refractivity contribution in [3.8, 4) is 5.75 Å². The third-order valence-electron chi connectivity index (χ3n) is 4.12. The zero-order valence-electron chi connectivity index (χ0n) is 13.1. The molecule has 120 valence electrons. The number of nitrogens with zero attached hydrogens (tertiary/aromatic N) is 1. The molecule has 1 aromatic heterocycles. The van der Waals surface area contributed by atoms with E-state index in [2.05, 4.69) is 10.7 Å². The smallest absolute Gasteiger partial charge is 0.262 e. The maximum absolute atomic E-state index is 13.2. The number of methoxy groups -OCH3 is 1. The first kappa shape index (κ1) is 14.8. The Hall–Kier alpha value is -2.79. The fourth-order valence-corrected chi connectivity index (χ4v) is 3.62. The van der Waals surface area contributed by atoms with Crippen molar-refractivity contribution >= 4 is 28.6 Å². The van der Waals surface area contributed by atoms with Gasteiger partial charge >= 0.3 is 0 Å². The molecule has 3 aromatic rings. The van der Waals surface area contributed by atoms with Crippen molar-refractivity contribution in [3.63, 3.8) is 0 Å². The third-order valence-corrected chi connectivity index (χ3v) is 4.82. The number of amides is 1. The largest absolute Gasteiger partial charge is 0.497 e. The van der Waals surface area contributed by atoms with Crippen LogP contribution in [0.25, 0.3) is 0 Å². The SMILES string of the molecule is COc1cccc(N2C(=O)c3ccccc3NC2c2ccsc2)c1. The highest BCUT2D eigenvalue weighted by atomic mass is 32.1. The van der Waals surface area contributed by atoms with E-state index in [1.54, 1.807) is 23.3 Å². The number of anilines is 2. The van der Waals surface area contributed by atoms with Crippen LogP contribution in [0.5, 0.6) is 5.75 Å². The highest BCUT2D eigenvalue weighted by Crippen LogP contribution is 2.37. The molecule has 1 aliphatic heterocycles. The molecule has 1 atom stereocenters. The topological polar surface area (TPSA) is 41.6 Å². The van der Waals surface area contributed by atoms with Crippen molar-refractivity contribution in [3.05, 3.63) is 76.5 Å². The molecule has 0 saturated heterocycles. The number of hydrogen-bond acceptors (Lipinski definition) is 4. The van der Waals surface area contributed by atoms with Gasteiger partial charge in [-0.3, -0.25) is 9.69 Å². The summed E-state index contributed by atoms with van der Waals surface area (Å²) in [6.45, 7) is 0. The lowest BCUT2D eigenvalue weighted by Gasteiger charge is -2.37. The van der Waals surface area contributed by atoms with Crippen LogP contribution in [-0.2, 0) is 0 Å². The fourth-order valence-electron chi connectivity index (χ4n) is 2.94. The first-order chi connectivity index (χ1) is 11.8. The number of para-hydroxylation sites is 1. The number of benzene rings is 2. The number of carbonyl (C=O) groups excluding carboxylic acids is 1. The Morgan fingerprint density at radius 1 is 1.12 bits per heavy atom. The third kappa shape index (κ3) is 2.43. The summed E-state index contributed by atoms with van der Waals surface area (Å²) in [5.41, 5.74) is 3.40. The Bertz CT molecular complexity index is 877. The lowest BCUT2D eigenvalue weighted by molar-refractivity contribution is 0.0975. The normalized spacial score (nSPS) is 16.5. The molecule has 2 aromatic carbocycles. The Kier molecular flexibility index (Phi) is 3.70. The minimum absolute atomic E-state index is 0.0196. The molecule has 1 N–H and O–H groups in total. The summed E-state index contributed by atoms with van der Waals surface area (Å²) in [5.74, 6) is 0.706. The van der Waals surface area contributed by atoms with Gasteiger partial charge in [-0.05, 0) is 41.1 Å². The van der Waals surface area contributed by atoms with E-state index in [9.17, 15) is 4.79 Å². The monoisotopic (exact) mass is 336 g/mol. The van der Waals surface area contributed by atoms with E-state index >= 15 is 0 Å². The number of nitrogens with one attached hydrogen (secondary N) is 1. The van der Waals surface area contributed by atoms with Gasteiger partial charge in [0, 0.05) is 17.3 Å². The summed E-state index contributed by atoms with van der Waals surface area (Å²) in [5, 5.41) is 7.57. The molecule has 0 aliphatic carbocycles. The van der Waals surface area contributed by atoms with Crippen molar-refractivity contribution < 1.29 is 9.53 Å². The fraction of sp³-hybridized carbons (Fsp3) is 0.105. The molecule has 0 fully saturated rings. The molecule has 24 heavy (non-hydrogen) atoms. The lowest BCUT2D eigenvalue weighted by atomic mass is 10.0. The Morgan fingerprint density at radius 3 is 2.79 bits per heavy atom. The molecule has 5 heteroatoms. The van der Waals surface area contributed by atoms with Crippen molar-refractivity contribution in [2.75, 3.05) is 17.3 Å². The second kappa shape index (κ2) is 6.02. The van der Waals surface area contributed by atoms with Gasteiger partial charge in [0.1, 0.15) is 11.9 Å². The molecule has 0 radical (unpaired) electrons. The van der Waals surface area contributed by atoms with Crippen LogP contribution >= 0.6 is 11.3 Å². The Morgan fingerprint density at radius 2 is 2.00 bits per heavy atom. The second-order valence-electron chi connectivity index (χ2n) is 5.53. The number of thiophene rings is 1. The maximum atomic E-state index is 13.2. The average Bonchev–Trinajstić information content (AvgIpc) is 3.16. The summed E-state index contributed by atoms with van der Waals surface area (Å²) in [7, 11) is 1.63. The standard InChI is InChI=1S/C19H16N2O2S/c1-23-15-6-4-5-14(11-15)21-18(13-9-10-24-12-13)20-17-8-3-2-7-16(17)19(21)22/h2-12,18,20H,1H3. The van der Waals surface area contributed by atoms with Crippen LogP contribution in [0, 0.1) is 0 Å². The van der Waals surface area contributed by atoms with Crippen molar-refractivity contribution in [2.24, 2.45) is 0 Å². The molecule has 4 nitrogen and oxygen atoms in total. The summed E-state index contributed by atoms with van der Waals surface area (Å²) in [6, 6.07) is 17.2. The van der Waals surface area contributed by atoms with Gasteiger partial charge in [0.2, 0.25) is 0 Å². The van der Waals surface area contributed by atoms with Crippen LogP contribution in [0.1, 0.15) is 22.1 Å². The first-order valence-corrected chi connectivity index (χ1v) is 8.57. The van der Waals surface area contributed by atoms with Crippen LogP contribution < -0.4 is 15.0 Å². The van der Waals surface area contributed by atoms with E-state index in [-0.39, 0.29) is 12.1 Å². The van der Waals surface area contributed by atoms with Gasteiger partial charge in [-0.1, -0.05) is 18.2 Å². The van der Waals surface area contributed by atoms with Gasteiger partial charge in [-0.25, -0.2) is 0 Å². The van der Waals surface area contributed by atoms with Gasteiger partial charge in [0.15, 0.2) is 0 Å². The van der Waals surface area contributed by atoms with Crippen LogP contribution in [0.2, 0.25) is 0 Å². The highest BCUT2D eigenvalue weighted by Gasteiger charge is 2.34. The van der Waals surface area contributed by atoms with Gasteiger partial charge in [0.05, 0.1) is 18.4 Å². The number of carbonyl (C=O) groups is 1. The molecule has 1 aliphatic rings. The van der Waals surface area contributed by atoms with Gasteiger partial charge in [-0.15, -0.1) is 0 Å². The predicted octanol–water partition coefficient (Wildman–Crippen LogP) is 4.53. The summed E-state index contributed by atoms with van der Waals surface area (Å²) in [4.78, 5) is 15.0. The molecule has 1 unspecified atom stereocenters. The second-order valence-corrected chi connectivity index (χ2v) is 6.31. The molecule has 0 spiro atoms. The van der Waals surface area contributed by atoms with Crippen LogP contribution in [-0.4, -0.2) is 13.0 Å². The van der Waals surface area contributed by atoms with Gasteiger partial charge < -0.3 is 10.1 Å². The molecule has 0 saturated carbocycles. The van der Waals surface area contributed by atoms with E-state index in [4.69, 9.17) is 4.74 Å². The van der Waals surface area contributed by atoms with Crippen LogP contribution in [0.4, 0.5) is 11.4 Å². The summed E-state index contributed by atoms with van der Waals surface area (Å²) >= 11 is 1.62. The molecular formula is C19H16N2O2S. The molecule has 0 bridgehead atoms. The van der Waals surface area contributed by atoms with Gasteiger partial charge in [-0.2, -0.15) is 11.3 Å². The van der Waals surface area contributed by atoms with E-state index < -0.39 is 0 Å². The Balaban J connectivity index is 1.85. The number of ether oxygens (including phenoxy) is 1. The van der Waals surface area contributed by atoms with E-state index in [1.807, 2.05) is 60.0 Å². The lowest BCUT2D eigenvalue weighted by Crippen LogP contribution is -2.43. The predicted molar refractivity (Wildman–Crippen MR) is 96.9 cm³/mol. The zero-order chi connectivity index (χ0) is 16.5. The minimum atomic E-state index is -0.245. The Labute approximate surface area is 144 Å². The van der Waals surface area contributed by atoms with E-state index in [0.29, 0.717) is 5.56 Å². The number of hydrogen-bond donors (Lipinski definition) is 1. The van der Waals surface area contributed by atoms with E-state index in [1.165, 1.54) is 0 Å². The molecule has 4 rings (SSSR count).